The molecular weight excluding hydrogens is 376 g/mol. The highest BCUT2D eigenvalue weighted by Crippen LogP contribution is 2.31. The molecule has 0 unspecified atom stereocenters. The van der Waals surface area contributed by atoms with Crippen molar-refractivity contribution in [3.05, 3.63) is 74.9 Å². The first-order valence-corrected chi connectivity index (χ1v) is 9.15. The first-order chi connectivity index (χ1) is 13.5. The van der Waals surface area contributed by atoms with Gasteiger partial charge in [-0.3, -0.25) is 13.9 Å². The molecule has 0 amide bonds. The summed E-state index contributed by atoms with van der Waals surface area (Å²) in [5.74, 6) is 0.327. The van der Waals surface area contributed by atoms with Crippen molar-refractivity contribution in [1.82, 2.24) is 14.1 Å². The number of fused-ring (bicyclic) bond motifs is 1. The summed E-state index contributed by atoms with van der Waals surface area (Å²) in [6, 6.07) is 16.8. The van der Waals surface area contributed by atoms with Gasteiger partial charge in [0.25, 0.3) is 5.56 Å². The van der Waals surface area contributed by atoms with Crippen LogP contribution in [0.1, 0.15) is 5.56 Å². The second-order valence-electron chi connectivity index (χ2n) is 6.11. The van der Waals surface area contributed by atoms with Crippen molar-refractivity contribution in [1.29, 1.82) is 5.26 Å². The van der Waals surface area contributed by atoms with Crippen molar-refractivity contribution in [2.45, 2.75) is 0 Å². The molecular formula is C20H14N4O3S. The SMILES string of the molecule is Cn1c(Oc2ccc(-c3nc4ccccc4s3)cc2)c(C#N)c(=O)n(C)c1=O. The first kappa shape index (κ1) is 17.7. The number of hydrogen-bond donors (Lipinski definition) is 0. The van der Waals surface area contributed by atoms with E-state index in [1.54, 1.807) is 23.5 Å². The van der Waals surface area contributed by atoms with Crippen LogP contribution in [0, 0.1) is 11.3 Å². The number of hydrogen-bond acceptors (Lipinski definition) is 6. The van der Waals surface area contributed by atoms with E-state index in [9.17, 15) is 14.9 Å². The molecule has 2 heterocycles. The molecule has 0 aliphatic carbocycles. The van der Waals surface area contributed by atoms with Crippen molar-refractivity contribution in [2.75, 3.05) is 0 Å². The molecule has 0 saturated heterocycles. The lowest BCUT2D eigenvalue weighted by Gasteiger charge is -2.12. The van der Waals surface area contributed by atoms with Crippen molar-refractivity contribution in [3.8, 4) is 28.3 Å². The van der Waals surface area contributed by atoms with Crippen LogP contribution in [0.4, 0.5) is 0 Å². The number of nitriles is 1. The molecule has 0 radical (unpaired) electrons. The van der Waals surface area contributed by atoms with Gasteiger partial charge in [-0.05, 0) is 36.4 Å². The molecule has 28 heavy (non-hydrogen) atoms. The number of rotatable bonds is 3. The summed E-state index contributed by atoms with van der Waals surface area (Å²) in [7, 11) is 2.77. The molecule has 0 aliphatic heterocycles. The Bertz CT molecular complexity index is 1320. The zero-order valence-electron chi connectivity index (χ0n) is 15.0. The van der Waals surface area contributed by atoms with Gasteiger partial charge >= 0.3 is 5.69 Å². The zero-order chi connectivity index (χ0) is 19.8. The second kappa shape index (κ2) is 6.79. The van der Waals surface area contributed by atoms with Crippen LogP contribution in [0.2, 0.25) is 0 Å². The third-order valence-electron chi connectivity index (χ3n) is 4.33. The van der Waals surface area contributed by atoms with Gasteiger partial charge in [-0.1, -0.05) is 12.1 Å². The number of nitrogens with zero attached hydrogens (tertiary/aromatic N) is 4. The summed E-state index contributed by atoms with van der Waals surface area (Å²) in [5, 5.41) is 10.2. The number of ether oxygens (including phenoxy) is 1. The smallest absolute Gasteiger partial charge is 0.333 e. The van der Waals surface area contributed by atoms with Gasteiger partial charge in [0, 0.05) is 19.7 Å². The summed E-state index contributed by atoms with van der Waals surface area (Å²) in [4.78, 5) is 28.9. The van der Waals surface area contributed by atoms with E-state index in [0.29, 0.717) is 5.75 Å². The lowest BCUT2D eigenvalue weighted by molar-refractivity contribution is 0.421. The van der Waals surface area contributed by atoms with Crippen molar-refractivity contribution in [3.63, 3.8) is 0 Å². The van der Waals surface area contributed by atoms with Gasteiger partial charge in [0.15, 0.2) is 5.56 Å². The Labute approximate surface area is 163 Å². The lowest BCUT2D eigenvalue weighted by Crippen LogP contribution is -2.38. The average molecular weight is 390 g/mol. The van der Waals surface area contributed by atoms with Crippen LogP contribution in [0.15, 0.2) is 58.1 Å². The maximum absolute atomic E-state index is 12.1. The van der Waals surface area contributed by atoms with Crippen LogP contribution in [-0.2, 0) is 14.1 Å². The van der Waals surface area contributed by atoms with Crippen molar-refractivity contribution < 1.29 is 4.74 Å². The van der Waals surface area contributed by atoms with Crippen LogP contribution in [0.25, 0.3) is 20.8 Å². The Hall–Kier alpha value is -3.70. The summed E-state index contributed by atoms with van der Waals surface area (Å²) < 4.78 is 8.83. The Morgan fingerprint density at radius 3 is 2.43 bits per heavy atom. The Balaban J connectivity index is 1.70. The van der Waals surface area contributed by atoms with E-state index in [-0.39, 0.29) is 11.4 Å². The van der Waals surface area contributed by atoms with Gasteiger partial charge in [0.1, 0.15) is 16.8 Å². The van der Waals surface area contributed by atoms with E-state index in [0.717, 1.165) is 29.9 Å². The molecule has 4 aromatic rings. The minimum atomic E-state index is -0.688. The fourth-order valence-corrected chi connectivity index (χ4v) is 3.78. The van der Waals surface area contributed by atoms with Crippen LogP contribution < -0.4 is 16.0 Å². The van der Waals surface area contributed by atoms with Crippen molar-refractivity contribution >= 4 is 21.6 Å². The Morgan fingerprint density at radius 2 is 1.75 bits per heavy atom. The summed E-state index contributed by atoms with van der Waals surface area (Å²) in [6.07, 6.45) is 0. The highest BCUT2D eigenvalue weighted by molar-refractivity contribution is 7.21. The molecule has 0 N–H and O–H groups in total. The monoisotopic (exact) mass is 390 g/mol. The van der Waals surface area contributed by atoms with Gasteiger partial charge in [-0.2, -0.15) is 5.26 Å². The number of benzene rings is 2. The maximum atomic E-state index is 12.1. The van der Waals surface area contributed by atoms with Crippen molar-refractivity contribution in [2.24, 2.45) is 14.1 Å². The predicted molar refractivity (Wildman–Crippen MR) is 107 cm³/mol. The molecule has 0 aliphatic rings. The molecule has 4 rings (SSSR count). The molecule has 0 bridgehead atoms. The predicted octanol–water partition coefficient (Wildman–Crippen LogP) is 3.02. The number of aromatic nitrogens is 3. The third kappa shape index (κ3) is 2.88. The van der Waals surface area contributed by atoms with E-state index in [1.807, 2.05) is 42.5 Å². The van der Waals surface area contributed by atoms with Crippen LogP contribution in [-0.4, -0.2) is 14.1 Å². The van der Waals surface area contributed by atoms with Gasteiger partial charge in [0.05, 0.1) is 10.2 Å². The standard InChI is InChI=1S/C20H14N4O3S/c1-23-18(25)14(11-21)19(24(2)20(23)26)27-13-9-7-12(8-10-13)17-22-15-5-3-4-6-16(15)28-17/h3-10H,1-2H3. The molecule has 0 saturated carbocycles. The Kier molecular flexibility index (Phi) is 4.29. The maximum Gasteiger partial charge on any atom is 0.333 e. The molecule has 0 spiro atoms. The summed E-state index contributed by atoms with van der Waals surface area (Å²) in [5.41, 5.74) is 0.389. The van der Waals surface area contributed by atoms with E-state index in [4.69, 9.17) is 4.74 Å². The molecule has 138 valence electrons. The molecule has 0 fully saturated rings. The average Bonchev–Trinajstić information content (AvgIpc) is 3.15. The van der Waals surface area contributed by atoms with Crippen LogP contribution in [0.5, 0.6) is 11.6 Å². The molecule has 2 aromatic carbocycles. The quantitative estimate of drug-likeness (QED) is 0.536. The minimum Gasteiger partial charge on any atom is -0.439 e. The summed E-state index contributed by atoms with van der Waals surface area (Å²) >= 11 is 1.59. The van der Waals surface area contributed by atoms with Gasteiger partial charge < -0.3 is 4.74 Å². The number of para-hydroxylation sites is 1. The van der Waals surface area contributed by atoms with Gasteiger partial charge in [-0.15, -0.1) is 11.3 Å². The fourth-order valence-electron chi connectivity index (χ4n) is 2.81. The highest BCUT2D eigenvalue weighted by atomic mass is 32.1. The fraction of sp³-hybridized carbons (Fsp3) is 0.100. The molecule has 8 heteroatoms. The Morgan fingerprint density at radius 1 is 1.04 bits per heavy atom. The van der Waals surface area contributed by atoms with Gasteiger partial charge in [-0.25, -0.2) is 9.78 Å². The second-order valence-corrected chi connectivity index (χ2v) is 7.14. The molecule has 2 aromatic heterocycles. The zero-order valence-corrected chi connectivity index (χ0v) is 15.9. The third-order valence-corrected chi connectivity index (χ3v) is 5.42. The molecule has 0 atom stereocenters. The lowest BCUT2D eigenvalue weighted by atomic mass is 10.2. The highest BCUT2D eigenvalue weighted by Gasteiger charge is 2.17. The normalized spacial score (nSPS) is 10.8. The largest absolute Gasteiger partial charge is 0.439 e. The first-order valence-electron chi connectivity index (χ1n) is 8.33. The van der Waals surface area contributed by atoms with Crippen LogP contribution >= 0.6 is 11.3 Å². The van der Waals surface area contributed by atoms with E-state index < -0.39 is 11.2 Å². The minimum absolute atomic E-state index is 0.0802. The topological polar surface area (TPSA) is 89.9 Å². The number of thiazole rings is 1. The van der Waals surface area contributed by atoms with E-state index in [1.165, 1.54) is 14.1 Å². The molecule has 7 nitrogen and oxygen atoms in total. The van der Waals surface area contributed by atoms with E-state index in [2.05, 4.69) is 4.98 Å². The van der Waals surface area contributed by atoms with Gasteiger partial charge in [0.2, 0.25) is 5.88 Å². The summed E-state index contributed by atoms with van der Waals surface area (Å²) in [6.45, 7) is 0. The van der Waals surface area contributed by atoms with Crippen LogP contribution in [0.3, 0.4) is 0 Å². The van der Waals surface area contributed by atoms with E-state index >= 15 is 0 Å².